The van der Waals surface area contributed by atoms with Crippen molar-refractivity contribution in [1.29, 1.82) is 0 Å². The number of carbonyl (C=O) groups excluding carboxylic acids is 1. The van der Waals surface area contributed by atoms with Crippen molar-refractivity contribution in [1.82, 2.24) is 0 Å². The van der Waals surface area contributed by atoms with Crippen LogP contribution in [0.4, 0.5) is 0 Å². The van der Waals surface area contributed by atoms with E-state index >= 15 is 0 Å². The van der Waals surface area contributed by atoms with E-state index in [1.165, 1.54) is 11.3 Å². The van der Waals surface area contributed by atoms with Crippen molar-refractivity contribution in [2.45, 2.75) is 6.92 Å². The van der Waals surface area contributed by atoms with Gasteiger partial charge in [0.2, 0.25) is 0 Å². The van der Waals surface area contributed by atoms with E-state index in [0.717, 1.165) is 11.8 Å². The lowest BCUT2D eigenvalue weighted by atomic mass is 10.3. The fourth-order valence-electron chi connectivity index (χ4n) is 0.650. The number of rotatable bonds is 1. The predicted octanol–water partition coefficient (Wildman–Crippen LogP) is 1.93. The van der Waals surface area contributed by atoms with Crippen LogP contribution in [0.2, 0.25) is 0 Å². The van der Waals surface area contributed by atoms with Crippen LogP contribution in [-0.2, 0) is 0 Å². The molecule has 0 aliphatic carbocycles. The lowest BCUT2D eigenvalue weighted by Crippen LogP contribution is -1.75. The van der Waals surface area contributed by atoms with Crippen LogP contribution in [0.1, 0.15) is 22.2 Å². The Morgan fingerprint density at radius 2 is 2.50 bits per heavy atom. The topological polar surface area (TPSA) is 17.1 Å². The van der Waals surface area contributed by atoms with Crippen molar-refractivity contribution >= 4 is 17.6 Å². The van der Waals surface area contributed by atoms with Gasteiger partial charge >= 0.3 is 0 Å². The highest BCUT2D eigenvalue weighted by Crippen LogP contribution is 2.12. The number of thiophene rings is 1. The van der Waals surface area contributed by atoms with Gasteiger partial charge in [0.1, 0.15) is 0 Å². The molecular weight excluding hydrogens is 144 g/mol. The molecule has 0 aliphatic rings. The predicted molar refractivity (Wildman–Crippen MR) is 42.3 cm³/mol. The summed E-state index contributed by atoms with van der Waals surface area (Å²) in [6, 6.07) is 1.85. The molecule has 50 valence electrons. The van der Waals surface area contributed by atoms with Crippen LogP contribution < -0.4 is 0 Å². The first-order valence-corrected chi connectivity index (χ1v) is 3.72. The quantitative estimate of drug-likeness (QED) is 0.441. The van der Waals surface area contributed by atoms with Crippen molar-refractivity contribution in [3.63, 3.8) is 0 Å². The highest BCUT2D eigenvalue weighted by atomic mass is 32.1. The monoisotopic (exact) mass is 150 g/mol. The van der Waals surface area contributed by atoms with E-state index in [0.29, 0.717) is 4.88 Å². The first-order chi connectivity index (χ1) is 4.88. The second kappa shape index (κ2) is 3.19. The summed E-state index contributed by atoms with van der Waals surface area (Å²) >= 11 is 1.42. The molecule has 0 aliphatic heterocycles. The molecule has 10 heavy (non-hydrogen) atoms. The molecule has 0 amide bonds. The van der Waals surface area contributed by atoms with Crippen LogP contribution in [-0.4, -0.2) is 6.29 Å². The Morgan fingerprint density at radius 1 is 1.70 bits per heavy atom. The zero-order valence-electron chi connectivity index (χ0n) is 5.55. The normalized spacial score (nSPS) is 8.10. The highest BCUT2D eigenvalue weighted by Gasteiger charge is 1.97. The molecule has 0 spiro atoms. The van der Waals surface area contributed by atoms with Gasteiger partial charge in [0.05, 0.1) is 4.88 Å². The van der Waals surface area contributed by atoms with E-state index in [1.54, 1.807) is 6.92 Å². The smallest absolute Gasteiger partial charge is 0.161 e. The second-order valence-corrected chi connectivity index (χ2v) is 2.64. The summed E-state index contributed by atoms with van der Waals surface area (Å²) in [5, 5.41) is 1.86. The van der Waals surface area contributed by atoms with Crippen LogP contribution in [0.5, 0.6) is 0 Å². The number of carbonyl (C=O) groups is 1. The van der Waals surface area contributed by atoms with Gasteiger partial charge in [-0.05, 0) is 18.4 Å². The average molecular weight is 150 g/mol. The van der Waals surface area contributed by atoms with Gasteiger partial charge in [-0.15, -0.1) is 17.3 Å². The van der Waals surface area contributed by atoms with Crippen molar-refractivity contribution in [3.8, 4) is 11.8 Å². The first kappa shape index (κ1) is 7.04. The summed E-state index contributed by atoms with van der Waals surface area (Å²) < 4.78 is 0. The van der Waals surface area contributed by atoms with Gasteiger partial charge in [-0.1, -0.05) is 5.92 Å². The van der Waals surface area contributed by atoms with E-state index in [1.807, 2.05) is 11.4 Å². The Bertz CT molecular complexity index is 288. The van der Waals surface area contributed by atoms with Gasteiger partial charge in [-0.25, -0.2) is 0 Å². The Morgan fingerprint density at radius 3 is 3.10 bits per heavy atom. The molecule has 1 aromatic rings. The lowest BCUT2D eigenvalue weighted by molar-refractivity contribution is 0.112. The summed E-state index contributed by atoms with van der Waals surface area (Å²) in [5.41, 5.74) is 0.836. The van der Waals surface area contributed by atoms with Gasteiger partial charge in [-0.2, -0.15) is 0 Å². The molecule has 0 saturated heterocycles. The summed E-state index contributed by atoms with van der Waals surface area (Å²) in [7, 11) is 0. The van der Waals surface area contributed by atoms with Crippen molar-refractivity contribution in [2.75, 3.05) is 0 Å². The lowest BCUT2D eigenvalue weighted by Gasteiger charge is -1.80. The van der Waals surface area contributed by atoms with Gasteiger partial charge in [-0.3, -0.25) is 4.79 Å². The SMILES string of the molecule is CC#Cc1ccsc1C=O. The Labute approximate surface area is 63.7 Å². The molecule has 2 heteroatoms. The van der Waals surface area contributed by atoms with Gasteiger partial charge < -0.3 is 0 Å². The fourth-order valence-corrected chi connectivity index (χ4v) is 1.30. The van der Waals surface area contributed by atoms with E-state index in [2.05, 4.69) is 11.8 Å². The molecule has 0 atom stereocenters. The largest absolute Gasteiger partial charge is 0.297 e. The maximum atomic E-state index is 10.3. The van der Waals surface area contributed by atoms with E-state index in [-0.39, 0.29) is 0 Å². The molecule has 1 nitrogen and oxygen atoms in total. The number of hydrogen-bond acceptors (Lipinski definition) is 2. The zero-order chi connectivity index (χ0) is 7.40. The molecular formula is C8H6OS. The standard InChI is InChI=1S/C8H6OS/c1-2-3-7-4-5-10-8(7)6-9/h4-6H,1H3. The third-order valence-corrected chi connectivity index (χ3v) is 1.90. The Hall–Kier alpha value is -1.07. The van der Waals surface area contributed by atoms with E-state index < -0.39 is 0 Å². The molecule has 0 saturated carbocycles. The molecule has 0 aromatic carbocycles. The van der Waals surface area contributed by atoms with Gasteiger partial charge in [0, 0.05) is 5.56 Å². The fraction of sp³-hybridized carbons (Fsp3) is 0.125. The summed E-state index contributed by atoms with van der Waals surface area (Å²) in [5.74, 6) is 5.58. The average Bonchev–Trinajstić information content (AvgIpc) is 2.36. The van der Waals surface area contributed by atoms with E-state index in [9.17, 15) is 4.79 Å². The molecule has 0 fully saturated rings. The molecule has 1 aromatic heterocycles. The molecule has 1 rings (SSSR count). The second-order valence-electron chi connectivity index (χ2n) is 1.69. The third-order valence-electron chi connectivity index (χ3n) is 1.06. The molecule has 0 radical (unpaired) electrons. The van der Waals surface area contributed by atoms with Crippen molar-refractivity contribution in [2.24, 2.45) is 0 Å². The minimum atomic E-state index is 0.717. The Kier molecular flexibility index (Phi) is 2.24. The van der Waals surface area contributed by atoms with Crippen LogP contribution in [0.3, 0.4) is 0 Å². The third kappa shape index (κ3) is 1.26. The first-order valence-electron chi connectivity index (χ1n) is 2.84. The maximum Gasteiger partial charge on any atom is 0.161 e. The number of aldehydes is 1. The minimum absolute atomic E-state index is 0.717. The van der Waals surface area contributed by atoms with Crippen LogP contribution >= 0.6 is 11.3 Å². The number of hydrogen-bond donors (Lipinski definition) is 0. The maximum absolute atomic E-state index is 10.3. The summed E-state index contributed by atoms with van der Waals surface area (Å²) in [6.07, 6.45) is 0.838. The molecule has 0 N–H and O–H groups in total. The molecule has 0 bridgehead atoms. The van der Waals surface area contributed by atoms with Crippen molar-refractivity contribution in [3.05, 3.63) is 21.9 Å². The summed E-state index contributed by atoms with van der Waals surface area (Å²) in [6.45, 7) is 1.76. The highest BCUT2D eigenvalue weighted by molar-refractivity contribution is 7.11. The van der Waals surface area contributed by atoms with Gasteiger partial charge in [0.25, 0.3) is 0 Å². The van der Waals surface area contributed by atoms with Crippen LogP contribution in [0.15, 0.2) is 11.4 Å². The Balaban J connectivity index is 3.09. The minimum Gasteiger partial charge on any atom is -0.297 e. The van der Waals surface area contributed by atoms with E-state index in [4.69, 9.17) is 0 Å². The van der Waals surface area contributed by atoms with Crippen molar-refractivity contribution < 1.29 is 4.79 Å². The summed E-state index contributed by atoms with van der Waals surface area (Å²) in [4.78, 5) is 11.0. The van der Waals surface area contributed by atoms with Gasteiger partial charge in [0.15, 0.2) is 6.29 Å². The van der Waals surface area contributed by atoms with Crippen LogP contribution in [0.25, 0.3) is 0 Å². The van der Waals surface area contributed by atoms with Crippen LogP contribution in [0, 0.1) is 11.8 Å². The zero-order valence-corrected chi connectivity index (χ0v) is 6.37. The molecule has 1 heterocycles. The molecule has 0 unspecified atom stereocenters.